The van der Waals surface area contributed by atoms with Gasteiger partial charge in [0.05, 0.1) is 17.4 Å². The normalized spacial score (nSPS) is 40.5. The van der Waals surface area contributed by atoms with Crippen molar-refractivity contribution >= 4 is 21.6 Å². The molecule has 35 heavy (non-hydrogen) atoms. The van der Waals surface area contributed by atoms with E-state index in [2.05, 4.69) is 29.4 Å². The smallest absolute Gasteiger partial charge is 0.221 e. The molecule has 0 aromatic rings. The van der Waals surface area contributed by atoms with E-state index >= 15 is 0 Å². The monoisotopic (exact) mass is 532 g/mol. The third-order valence-electron chi connectivity index (χ3n) is 9.07. The minimum atomic E-state index is -3.59. The van der Waals surface area contributed by atoms with Gasteiger partial charge in [-0.25, -0.2) is 8.42 Å². The molecule has 0 aromatic carbocycles. The molecule has 1 spiro atoms. The van der Waals surface area contributed by atoms with E-state index in [0.717, 1.165) is 25.8 Å². The molecule has 5 fully saturated rings. The fourth-order valence-corrected chi connectivity index (χ4v) is 9.33. The van der Waals surface area contributed by atoms with Crippen LogP contribution >= 0.6 is 11.6 Å². The number of fused-ring (bicyclic) bond motifs is 4. The fourth-order valence-electron chi connectivity index (χ4n) is 7.02. The average molecular weight is 533 g/mol. The predicted octanol–water partition coefficient (Wildman–Crippen LogP) is 3.23. The van der Waals surface area contributed by atoms with Crippen LogP contribution in [-0.4, -0.2) is 80.0 Å². The Labute approximate surface area is 216 Å². The third kappa shape index (κ3) is 5.87. The van der Waals surface area contributed by atoms with E-state index in [9.17, 15) is 8.42 Å². The van der Waals surface area contributed by atoms with Crippen molar-refractivity contribution in [2.45, 2.75) is 113 Å². The summed E-state index contributed by atoms with van der Waals surface area (Å²) in [6, 6.07) is 0.944. The number of ether oxygens (including phenoxy) is 2. The Morgan fingerprint density at radius 1 is 1.17 bits per heavy atom. The standard InChI is InChI=1S/C25H45ClN4O4S/c1-17(2)9-19-15-34-23-11-22(26)27-24(28-23)30(16-33-3)35(31,32)21-6-4-5-18(10-21)14-29(19)20-12-25(13-20)7-8-25/h17-24,27-28H,4-16H2,1-3H3/t18?,19-,21?,22?,23?,24?/m1/s1. The molecule has 0 radical (unpaired) electrons. The summed E-state index contributed by atoms with van der Waals surface area (Å²) in [4.78, 5) is 2.74. The lowest BCUT2D eigenvalue weighted by Gasteiger charge is -2.49. The number of halogens is 1. The molecule has 2 aliphatic heterocycles. The Morgan fingerprint density at radius 2 is 1.94 bits per heavy atom. The maximum atomic E-state index is 13.9. The van der Waals surface area contributed by atoms with Crippen molar-refractivity contribution in [1.29, 1.82) is 0 Å². The van der Waals surface area contributed by atoms with Crippen LogP contribution in [0.1, 0.15) is 78.1 Å². The summed E-state index contributed by atoms with van der Waals surface area (Å²) in [6.45, 7) is 6.19. The van der Waals surface area contributed by atoms with E-state index in [1.165, 1.54) is 37.1 Å². The first-order valence-corrected chi connectivity index (χ1v) is 15.7. The summed E-state index contributed by atoms with van der Waals surface area (Å²) in [5, 5.41) is 6.21. The van der Waals surface area contributed by atoms with E-state index in [4.69, 9.17) is 21.1 Å². The topological polar surface area (TPSA) is 83.1 Å². The lowest BCUT2D eigenvalue weighted by Crippen LogP contribution is -2.66. The van der Waals surface area contributed by atoms with Gasteiger partial charge in [-0.15, -0.1) is 15.9 Å². The zero-order valence-corrected chi connectivity index (χ0v) is 23.2. The Balaban J connectivity index is 1.45. The Hall–Kier alpha value is -0.0000000000000000555. The molecule has 4 bridgehead atoms. The molecular formula is C25H45ClN4O4S. The van der Waals surface area contributed by atoms with Crippen molar-refractivity contribution in [3.63, 3.8) is 0 Å². The summed E-state index contributed by atoms with van der Waals surface area (Å²) in [5.74, 6) is 0.961. The number of nitrogens with zero attached hydrogens (tertiary/aromatic N) is 2. The molecule has 8 nitrogen and oxygen atoms in total. The molecule has 2 N–H and O–H groups in total. The first-order valence-electron chi connectivity index (χ1n) is 13.7. The zero-order chi connectivity index (χ0) is 24.8. The summed E-state index contributed by atoms with van der Waals surface area (Å²) < 4.78 is 41.1. The van der Waals surface area contributed by atoms with E-state index in [-0.39, 0.29) is 18.5 Å². The Morgan fingerprint density at radius 3 is 2.63 bits per heavy atom. The van der Waals surface area contributed by atoms with Gasteiger partial charge in [-0.3, -0.25) is 15.5 Å². The zero-order valence-electron chi connectivity index (χ0n) is 21.6. The van der Waals surface area contributed by atoms with Gasteiger partial charge in [0.2, 0.25) is 10.0 Å². The van der Waals surface area contributed by atoms with Crippen molar-refractivity contribution in [2.75, 3.05) is 27.0 Å². The minimum absolute atomic E-state index is 0.0171. The van der Waals surface area contributed by atoms with E-state index < -0.39 is 21.6 Å². The molecule has 10 heteroatoms. The molecule has 5 rings (SSSR count). The second-order valence-corrected chi connectivity index (χ2v) is 15.0. The lowest BCUT2D eigenvalue weighted by molar-refractivity contribution is -0.0755. The highest BCUT2D eigenvalue weighted by Gasteiger charge is 2.55. The summed E-state index contributed by atoms with van der Waals surface area (Å²) in [7, 11) is -2.05. The van der Waals surface area contributed by atoms with Crippen molar-refractivity contribution in [1.82, 2.24) is 19.8 Å². The first-order chi connectivity index (χ1) is 16.7. The van der Waals surface area contributed by atoms with Gasteiger partial charge in [-0.05, 0) is 68.6 Å². The molecular weight excluding hydrogens is 488 g/mol. The SMILES string of the molecule is COCN1C2NC(Cl)CC(N2)OC[C@@H](CC(C)C)N(C2CC3(CC3)C2)CC2CCCC(C2)S1(=O)=O. The van der Waals surface area contributed by atoms with Crippen LogP contribution in [0, 0.1) is 17.3 Å². The maximum absolute atomic E-state index is 13.9. The number of hydrogen-bond acceptors (Lipinski definition) is 7. The number of hydrogen-bond donors (Lipinski definition) is 2. The molecule has 0 amide bonds. The van der Waals surface area contributed by atoms with Gasteiger partial charge in [0, 0.05) is 32.2 Å². The van der Waals surface area contributed by atoms with Gasteiger partial charge < -0.3 is 9.47 Å². The first kappa shape index (κ1) is 26.6. The van der Waals surface area contributed by atoms with Crippen LogP contribution < -0.4 is 10.6 Å². The van der Waals surface area contributed by atoms with Gasteiger partial charge in [-0.1, -0.05) is 20.3 Å². The van der Waals surface area contributed by atoms with Crippen LogP contribution in [0.3, 0.4) is 0 Å². The Bertz CT molecular complexity index is 833. The highest BCUT2D eigenvalue weighted by molar-refractivity contribution is 7.89. The number of sulfonamides is 1. The van der Waals surface area contributed by atoms with Gasteiger partial charge >= 0.3 is 0 Å². The van der Waals surface area contributed by atoms with Crippen LogP contribution in [0.25, 0.3) is 0 Å². The molecule has 3 aliphatic carbocycles. The maximum Gasteiger partial charge on any atom is 0.221 e. The van der Waals surface area contributed by atoms with Crippen molar-refractivity contribution in [3.8, 4) is 0 Å². The van der Waals surface area contributed by atoms with Crippen LogP contribution in [-0.2, 0) is 19.5 Å². The number of methoxy groups -OCH3 is 1. The van der Waals surface area contributed by atoms with Crippen molar-refractivity contribution in [3.05, 3.63) is 0 Å². The summed E-state index contributed by atoms with van der Waals surface area (Å²) in [5.41, 5.74) is 0.246. The summed E-state index contributed by atoms with van der Waals surface area (Å²) >= 11 is 6.57. The Kier molecular flexibility index (Phi) is 8.08. The molecule has 2 saturated heterocycles. The van der Waals surface area contributed by atoms with E-state index in [0.29, 0.717) is 55.2 Å². The largest absolute Gasteiger partial charge is 0.368 e. The van der Waals surface area contributed by atoms with Crippen molar-refractivity contribution in [2.24, 2.45) is 17.3 Å². The predicted molar refractivity (Wildman–Crippen MR) is 137 cm³/mol. The van der Waals surface area contributed by atoms with Gasteiger partial charge in [0.25, 0.3) is 0 Å². The number of nitrogens with one attached hydrogen (secondary N) is 2. The molecule has 2 heterocycles. The molecule has 0 aromatic heterocycles. The van der Waals surface area contributed by atoms with E-state index in [1.807, 2.05) is 0 Å². The molecule has 6 atom stereocenters. The summed E-state index contributed by atoms with van der Waals surface area (Å²) in [6.07, 6.45) is 9.56. The van der Waals surface area contributed by atoms with Crippen molar-refractivity contribution < 1.29 is 17.9 Å². The fraction of sp³-hybridized carbons (Fsp3) is 1.00. The highest BCUT2D eigenvalue weighted by Crippen LogP contribution is 2.62. The molecule has 5 unspecified atom stereocenters. The molecule has 3 saturated carbocycles. The van der Waals surface area contributed by atoms with Gasteiger partial charge in [0.15, 0.2) is 0 Å². The number of rotatable bonds is 5. The highest BCUT2D eigenvalue weighted by atomic mass is 35.5. The van der Waals surface area contributed by atoms with Gasteiger partial charge in [0.1, 0.15) is 19.2 Å². The lowest BCUT2D eigenvalue weighted by atomic mass is 9.74. The molecule has 202 valence electrons. The van der Waals surface area contributed by atoms with Gasteiger partial charge in [-0.2, -0.15) is 0 Å². The minimum Gasteiger partial charge on any atom is -0.368 e. The van der Waals surface area contributed by atoms with Crippen LogP contribution in [0.15, 0.2) is 0 Å². The van der Waals surface area contributed by atoms with Crippen LogP contribution in [0.5, 0.6) is 0 Å². The number of alkyl halides is 1. The van der Waals surface area contributed by atoms with Crippen LogP contribution in [0.2, 0.25) is 0 Å². The van der Waals surface area contributed by atoms with E-state index in [1.54, 1.807) is 0 Å². The second-order valence-electron chi connectivity index (χ2n) is 12.3. The van der Waals surface area contributed by atoms with Crippen LogP contribution in [0.4, 0.5) is 0 Å². The quantitative estimate of drug-likeness (QED) is 0.415. The third-order valence-corrected chi connectivity index (χ3v) is 11.6. The average Bonchev–Trinajstić information content (AvgIpc) is 3.58. The second kappa shape index (κ2) is 10.6. The molecule has 5 aliphatic rings.